The first-order valence-electron chi connectivity index (χ1n) is 8.12. The van der Waals surface area contributed by atoms with Crippen LogP contribution in [-0.2, 0) is 0 Å². The maximum Gasteiger partial charge on any atom is 0.255 e. The average molecular weight is 345 g/mol. The zero-order valence-corrected chi connectivity index (χ0v) is 14.4. The second-order valence-corrected chi connectivity index (χ2v) is 6.32. The van der Waals surface area contributed by atoms with E-state index in [4.69, 9.17) is 16.3 Å². The number of hydrogen-bond donors (Lipinski definition) is 1. The summed E-state index contributed by atoms with van der Waals surface area (Å²) in [6.45, 7) is 1.62. The molecule has 1 atom stereocenters. The Balaban J connectivity index is 1.67. The molecule has 0 aliphatic carbocycles. The number of benzene rings is 2. The highest BCUT2D eigenvalue weighted by Crippen LogP contribution is 2.25. The lowest BCUT2D eigenvalue weighted by atomic mass is 10.1. The number of nitrogens with one attached hydrogen (secondary N) is 1. The normalized spacial score (nSPS) is 16.9. The van der Waals surface area contributed by atoms with E-state index in [-0.39, 0.29) is 5.91 Å². The first-order valence-corrected chi connectivity index (χ1v) is 8.50. The highest BCUT2D eigenvalue weighted by Gasteiger charge is 2.25. The molecule has 3 rings (SSSR count). The zero-order chi connectivity index (χ0) is 16.9. The predicted octanol–water partition coefficient (Wildman–Crippen LogP) is 3.75. The summed E-state index contributed by atoms with van der Waals surface area (Å²) in [6.07, 6.45) is 2.21. The number of ether oxygens (including phenoxy) is 1. The van der Waals surface area contributed by atoms with E-state index >= 15 is 0 Å². The Kier molecular flexibility index (Phi) is 5.26. The van der Waals surface area contributed by atoms with Crippen molar-refractivity contribution in [2.45, 2.75) is 18.9 Å². The first kappa shape index (κ1) is 16.7. The van der Waals surface area contributed by atoms with Gasteiger partial charge < -0.3 is 15.0 Å². The van der Waals surface area contributed by atoms with E-state index in [1.165, 1.54) is 5.69 Å². The molecule has 0 saturated carbocycles. The summed E-state index contributed by atoms with van der Waals surface area (Å²) in [5.74, 6) is 0.373. The highest BCUT2D eigenvalue weighted by atomic mass is 35.5. The van der Waals surface area contributed by atoms with Crippen molar-refractivity contribution in [2.75, 3.05) is 25.1 Å². The number of nitrogens with zero attached hydrogens (tertiary/aromatic N) is 1. The molecule has 0 bridgehead atoms. The van der Waals surface area contributed by atoms with Crippen molar-refractivity contribution in [1.29, 1.82) is 0 Å². The van der Waals surface area contributed by atoms with Gasteiger partial charge in [0, 0.05) is 29.8 Å². The Morgan fingerprint density at radius 1 is 1.29 bits per heavy atom. The molecule has 1 aliphatic rings. The van der Waals surface area contributed by atoms with Crippen LogP contribution >= 0.6 is 11.6 Å². The van der Waals surface area contributed by atoms with Crippen LogP contribution in [0.5, 0.6) is 5.75 Å². The molecule has 1 N–H and O–H groups in total. The number of anilines is 1. The summed E-state index contributed by atoms with van der Waals surface area (Å²) in [5, 5.41) is 3.54. The molecule has 0 aromatic heterocycles. The van der Waals surface area contributed by atoms with Gasteiger partial charge in [-0.15, -0.1) is 0 Å². The van der Waals surface area contributed by atoms with Gasteiger partial charge in [0.1, 0.15) is 5.75 Å². The number of carbonyl (C=O) groups excluding carboxylic acids is 1. The van der Waals surface area contributed by atoms with Crippen LogP contribution in [0.4, 0.5) is 5.69 Å². The number of para-hydroxylation sites is 1. The summed E-state index contributed by atoms with van der Waals surface area (Å²) >= 11 is 6.00. The van der Waals surface area contributed by atoms with E-state index in [1.807, 2.05) is 18.2 Å². The number of halogens is 1. The predicted molar refractivity (Wildman–Crippen MR) is 97.1 cm³/mol. The second-order valence-electron chi connectivity index (χ2n) is 5.88. The number of rotatable bonds is 5. The van der Waals surface area contributed by atoms with Gasteiger partial charge in [0.05, 0.1) is 12.7 Å². The van der Waals surface area contributed by atoms with Crippen LogP contribution in [0.3, 0.4) is 0 Å². The molecule has 1 saturated heterocycles. The number of carbonyl (C=O) groups is 1. The van der Waals surface area contributed by atoms with E-state index < -0.39 is 0 Å². The van der Waals surface area contributed by atoms with Gasteiger partial charge in [0.15, 0.2) is 0 Å². The van der Waals surface area contributed by atoms with E-state index in [2.05, 4.69) is 22.3 Å². The Labute approximate surface area is 147 Å². The van der Waals surface area contributed by atoms with Crippen molar-refractivity contribution < 1.29 is 9.53 Å². The lowest BCUT2D eigenvalue weighted by Crippen LogP contribution is -2.40. The summed E-state index contributed by atoms with van der Waals surface area (Å²) in [5.41, 5.74) is 1.67. The molecule has 4 nitrogen and oxygen atoms in total. The van der Waals surface area contributed by atoms with Crippen LogP contribution in [0, 0.1) is 0 Å². The second kappa shape index (κ2) is 7.58. The monoisotopic (exact) mass is 344 g/mol. The molecule has 2 aromatic carbocycles. The maximum absolute atomic E-state index is 12.5. The fraction of sp³-hybridized carbons (Fsp3) is 0.316. The van der Waals surface area contributed by atoms with E-state index in [9.17, 15) is 4.79 Å². The third-order valence-electron chi connectivity index (χ3n) is 4.37. The molecular formula is C19H21ClN2O2. The van der Waals surface area contributed by atoms with Gasteiger partial charge >= 0.3 is 0 Å². The molecule has 1 aliphatic heterocycles. The molecule has 5 heteroatoms. The highest BCUT2D eigenvalue weighted by molar-refractivity contribution is 6.31. The van der Waals surface area contributed by atoms with Crippen molar-refractivity contribution in [2.24, 2.45) is 0 Å². The minimum absolute atomic E-state index is 0.158. The van der Waals surface area contributed by atoms with Crippen molar-refractivity contribution in [3.63, 3.8) is 0 Å². The van der Waals surface area contributed by atoms with E-state index in [0.29, 0.717) is 28.9 Å². The number of hydrogen-bond acceptors (Lipinski definition) is 3. The fourth-order valence-electron chi connectivity index (χ4n) is 3.17. The molecule has 1 fully saturated rings. The van der Waals surface area contributed by atoms with Gasteiger partial charge in [0.2, 0.25) is 0 Å². The SMILES string of the molecule is COc1ccc(Cl)cc1C(=O)NCC1CCCN1c1ccccc1. The minimum atomic E-state index is -0.158. The molecule has 126 valence electrons. The zero-order valence-electron chi connectivity index (χ0n) is 13.7. The molecule has 1 unspecified atom stereocenters. The standard InChI is InChI=1S/C19H21ClN2O2/c1-24-18-10-9-14(20)12-17(18)19(23)21-13-16-8-5-11-22(16)15-6-3-2-4-7-15/h2-4,6-7,9-10,12,16H,5,8,11,13H2,1H3,(H,21,23). The van der Waals surface area contributed by atoms with Crippen molar-refractivity contribution in [3.8, 4) is 5.75 Å². The summed E-state index contributed by atoms with van der Waals surface area (Å²) in [6, 6.07) is 15.7. The van der Waals surface area contributed by atoms with Gasteiger partial charge in [0.25, 0.3) is 5.91 Å². The van der Waals surface area contributed by atoms with Crippen LogP contribution in [0.15, 0.2) is 48.5 Å². The van der Waals surface area contributed by atoms with Crippen LogP contribution < -0.4 is 15.0 Å². The van der Waals surface area contributed by atoms with Gasteiger partial charge in [-0.2, -0.15) is 0 Å². The van der Waals surface area contributed by atoms with Gasteiger partial charge in [-0.25, -0.2) is 0 Å². The minimum Gasteiger partial charge on any atom is -0.496 e. The maximum atomic E-state index is 12.5. The van der Waals surface area contributed by atoms with Gasteiger partial charge in [-0.3, -0.25) is 4.79 Å². The topological polar surface area (TPSA) is 41.6 Å². The van der Waals surface area contributed by atoms with E-state index in [0.717, 1.165) is 19.4 Å². The van der Waals surface area contributed by atoms with Crippen LogP contribution in [-0.4, -0.2) is 32.1 Å². The third kappa shape index (κ3) is 3.65. The summed E-state index contributed by atoms with van der Waals surface area (Å²) in [7, 11) is 1.55. The number of methoxy groups -OCH3 is 1. The Morgan fingerprint density at radius 3 is 2.83 bits per heavy atom. The molecule has 1 heterocycles. The summed E-state index contributed by atoms with van der Waals surface area (Å²) in [4.78, 5) is 14.9. The van der Waals surface area contributed by atoms with Gasteiger partial charge in [-0.05, 0) is 43.2 Å². The van der Waals surface area contributed by atoms with Crippen LogP contribution in [0.2, 0.25) is 5.02 Å². The average Bonchev–Trinajstić information content (AvgIpc) is 3.09. The molecule has 24 heavy (non-hydrogen) atoms. The lowest BCUT2D eigenvalue weighted by molar-refractivity contribution is 0.0948. The Morgan fingerprint density at radius 2 is 2.08 bits per heavy atom. The Hall–Kier alpha value is -2.20. The van der Waals surface area contributed by atoms with Gasteiger partial charge in [-0.1, -0.05) is 29.8 Å². The molecule has 1 amide bonds. The largest absolute Gasteiger partial charge is 0.496 e. The smallest absolute Gasteiger partial charge is 0.255 e. The summed E-state index contributed by atoms with van der Waals surface area (Å²) < 4.78 is 5.25. The number of amides is 1. The van der Waals surface area contributed by atoms with Crippen LogP contribution in [0.1, 0.15) is 23.2 Å². The van der Waals surface area contributed by atoms with Crippen molar-refractivity contribution in [3.05, 3.63) is 59.1 Å². The van der Waals surface area contributed by atoms with Crippen LogP contribution in [0.25, 0.3) is 0 Å². The first-order chi connectivity index (χ1) is 11.7. The fourth-order valence-corrected chi connectivity index (χ4v) is 3.34. The lowest BCUT2D eigenvalue weighted by Gasteiger charge is -2.27. The Bertz CT molecular complexity index is 706. The van der Waals surface area contributed by atoms with E-state index in [1.54, 1.807) is 25.3 Å². The molecule has 2 aromatic rings. The molecular weight excluding hydrogens is 324 g/mol. The van der Waals surface area contributed by atoms with Crippen molar-refractivity contribution in [1.82, 2.24) is 5.32 Å². The molecule has 0 radical (unpaired) electrons. The quantitative estimate of drug-likeness (QED) is 0.898. The van der Waals surface area contributed by atoms with Crippen molar-refractivity contribution >= 4 is 23.2 Å². The molecule has 0 spiro atoms. The third-order valence-corrected chi connectivity index (χ3v) is 4.60.